The molecule has 0 unspecified atom stereocenters. The van der Waals surface area contributed by atoms with Crippen LogP contribution >= 0.6 is 0 Å². The number of nitrogen functional groups attached to an aromatic ring is 1. The summed E-state index contributed by atoms with van der Waals surface area (Å²) in [4.78, 5) is 31.0. The molecule has 30 heavy (non-hydrogen) atoms. The fourth-order valence-electron chi connectivity index (χ4n) is 3.91. The molecule has 0 atom stereocenters. The van der Waals surface area contributed by atoms with Gasteiger partial charge in [0.05, 0.1) is 35.5 Å². The minimum absolute atomic E-state index is 0.0287. The molecule has 7 heteroatoms. The minimum atomic E-state index is -0.473. The van der Waals surface area contributed by atoms with Crippen molar-refractivity contribution in [3.05, 3.63) is 29.5 Å². The number of carbonyl (C=O) groups is 2. The predicted molar refractivity (Wildman–Crippen MR) is 116 cm³/mol. The molecule has 2 heterocycles. The number of hydrogen-bond donors (Lipinski definition) is 1. The lowest BCUT2D eigenvalue weighted by Gasteiger charge is -2.33. The molecule has 1 aliphatic heterocycles. The lowest BCUT2D eigenvalue weighted by molar-refractivity contribution is -0.136. The second kappa shape index (κ2) is 9.32. The molecular weight excluding hydrogens is 382 g/mol. The Hall–Kier alpha value is -2.83. The molecule has 0 bridgehead atoms. The molecule has 7 nitrogen and oxygen atoms in total. The zero-order valence-electron chi connectivity index (χ0n) is 18.2. The van der Waals surface area contributed by atoms with Gasteiger partial charge in [-0.05, 0) is 44.7 Å². The van der Waals surface area contributed by atoms with Crippen molar-refractivity contribution < 1.29 is 19.1 Å². The number of esters is 1. The summed E-state index contributed by atoms with van der Waals surface area (Å²) in [6.45, 7) is 9.70. The van der Waals surface area contributed by atoms with Gasteiger partial charge >= 0.3 is 5.97 Å². The number of nitrogens with two attached hydrogens (primary N) is 1. The van der Waals surface area contributed by atoms with Crippen LogP contribution in [0.1, 0.15) is 49.7 Å². The van der Waals surface area contributed by atoms with Crippen molar-refractivity contribution in [3.63, 3.8) is 0 Å². The molecule has 162 valence electrons. The first-order chi connectivity index (χ1) is 14.3. The zero-order valence-corrected chi connectivity index (χ0v) is 18.2. The van der Waals surface area contributed by atoms with E-state index < -0.39 is 5.97 Å². The highest BCUT2D eigenvalue weighted by molar-refractivity contribution is 6.07. The Balaban J connectivity index is 1.76. The molecule has 2 aromatic rings. The van der Waals surface area contributed by atoms with Gasteiger partial charge in [-0.3, -0.25) is 9.78 Å². The number of piperidine rings is 1. The van der Waals surface area contributed by atoms with Crippen LogP contribution in [0.15, 0.2) is 18.2 Å². The van der Waals surface area contributed by atoms with E-state index in [1.807, 2.05) is 36.9 Å². The van der Waals surface area contributed by atoms with Gasteiger partial charge in [-0.2, -0.15) is 0 Å². The lowest BCUT2D eigenvalue weighted by Crippen LogP contribution is -2.41. The highest BCUT2D eigenvalue weighted by Crippen LogP contribution is 2.34. The number of rotatable bonds is 6. The largest absolute Gasteiger partial charge is 0.493 e. The van der Waals surface area contributed by atoms with E-state index in [2.05, 4.69) is 4.98 Å². The Morgan fingerprint density at radius 1 is 1.27 bits per heavy atom. The number of nitrogens with zero attached hydrogens (tertiary/aromatic N) is 2. The number of pyridine rings is 1. The fraction of sp³-hybridized carbons (Fsp3) is 0.522. The van der Waals surface area contributed by atoms with E-state index in [4.69, 9.17) is 15.2 Å². The van der Waals surface area contributed by atoms with Crippen molar-refractivity contribution in [2.75, 3.05) is 32.0 Å². The number of benzene rings is 1. The van der Waals surface area contributed by atoms with E-state index in [1.165, 1.54) is 0 Å². The van der Waals surface area contributed by atoms with E-state index in [1.54, 1.807) is 13.8 Å². The Labute approximate surface area is 177 Å². The van der Waals surface area contributed by atoms with Crippen molar-refractivity contribution >= 4 is 28.5 Å². The van der Waals surface area contributed by atoms with Crippen molar-refractivity contribution in [2.45, 2.75) is 40.5 Å². The van der Waals surface area contributed by atoms with Crippen molar-refractivity contribution in [2.24, 2.45) is 11.8 Å². The summed E-state index contributed by atoms with van der Waals surface area (Å²) >= 11 is 0. The van der Waals surface area contributed by atoms with E-state index in [0.717, 1.165) is 25.9 Å². The number of amides is 1. The Kier molecular flexibility index (Phi) is 6.80. The van der Waals surface area contributed by atoms with Crippen LogP contribution in [0.25, 0.3) is 10.9 Å². The molecule has 1 aliphatic rings. The van der Waals surface area contributed by atoms with Crippen molar-refractivity contribution in [3.8, 4) is 5.75 Å². The molecule has 0 saturated carbocycles. The maximum atomic E-state index is 12.4. The van der Waals surface area contributed by atoms with E-state index in [9.17, 15) is 9.59 Å². The van der Waals surface area contributed by atoms with Crippen molar-refractivity contribution in [1.29, 1.82) is 0 Å². The third-order valence-corrected chi connectivity index (χ3v) is 5.57. The van der Waals surface area contributed by atoms with Gasteiger partial charge in [0.2, 0.25) is 5.91 Å². The minimum Gasteiger partial charge on any atom is -0.493 e. The lowest BCUT2D eigenvalue weighted by atomic mass is 9.97. The predicted octanol–water partition coefficient (Wildman–Crippen LogP) is 3.58. The van der Waals surface area contributed by atoms with Gasteiger partial charge in [0.15, 0.2) is 0 Å². The third kappa shape index (κ3) is 4.50. The van der Waals surface area contributed by atoms with Gasteiger partial charge in [-0.25, -0.2) is 4.79 Å². The Morgan fingerprint density at radius 3 is 2.60 bits per heavy atom. The first-order valence-electron chi connectivity index (χ1n) is 10.6. The summed E-state index contributed by atoms with van der Waals surface area (Å²) in [6.07, 6.45) is 1.81. The average Bonchev–Trinajstić information content (AvgIpc) is 2.72. The van der Waals surface area contributed by atoms with Crippen LogP contribution in [0.4, 0.5) is 5.69 Å². The molecule has 0 aliphatic carbocycles. The van der Waals surface area contributed by atoms with Crippen LogP contribution in [0.5, 0.6) is 5.75 Å². The molecule has 1 aromatic heterocycles. The number of anilines is 1. The highest BCUT2D eigenvalue weighted by Gasteiger charge is 2.25. The van der Waals surface area contributed by atoms with E-state index >= 15 is 0 Å². The number of aromatic nitrogens is 1. The molecular formula is C23H31N3O4. The SMILES string of the molecule is CCOC(=O)c1c(C)nc2cccc(OCC3CCN(C(=O)C(C)C)CC3)c2c1N. The molecule has 1 amide bonds. The molecule has 2 N–H and O–H groups in total. The van der Waals surface area contributed by atoms with E-state index in [-0.39, 0.29) is 18.4 Å². The summed E-state index contributed by atoms with van der Waals surface area (Å²) in [6, 6.07) is 5.58. The summed E-state index contributed by atoms with van der Waals surface area (Å²) in [5.74, 6) is 0.744. The molecule has 3 rings (SSSR count). The maximum Gasteiger partial charge on any atom is 0.342 e. The highest BCUT2D eigenvalue weighted by atomic mass is 16.5. The smallest absolute Gasteiger partial charge is 0.342 e. The summed E-state index contributed by atoms with van der Waals surface area (Å²) in [5.41, 5.74) is 8.23. The average molecular weight is 414 g/mol. The van der Waals surface area contributed by atoms with Crippen LogP contribution in [0, 0.1) is 18.8 Å². The van der Waals surface area contributed by atoms with Gasteiger partial charge in [0.1, 0.15) is 11.3 Å². The van der Waals surface area contributed by atoms with Gasteiger partial charge in [0, 0.05) is 19.0 Å². The maximum absolute atomic E-state index is 12.4. The molecule has 1 fully saturated rings. The number of ether oxygens (including phenoxy) is 2. The van der Waals surface area contributed by atoms with Gasteiger partial charge in [0.25, 0.3) is 0 Å². The fourth-order valence-corrected chi connectivity index (χ4v) is 3.91. The zero-order chi connectivity index (χ0) is 21.8. The van der Waals surface area contributed by atoms with Gasteiger partial charge in [-0.15, -0.1) is 0 Å². The summed E-state index contributed by atoms with van der Waals surface area (Å²) in [7, 11) is 0. The summed E-state index contributed by atoms with van der Waals surface area (Å²) in [5, 5.41) is 0.638. The van der Waals surface area contributed by atoms with Crippen LogP contribution < -0.4 is 10.5 Å². The second-order valence-corrected chi connectivity index (χ2v) is 8.09. The van der Waals surface area contributed by atoms with Crippen molar-refractivity contribution in [1.82, 2.24) is 9.88 Å². The van der Waals surface area contributed by atoms with E-state index in [0.29, 0.717) is 46.1 Å². The Morgan fingerprint density at radius 2 is 1.97 bits per heavy atom. The van der Waals surface area contributed by atoms with Gasteiger partial charge < -0.3 is 20.1 Å². The molecule has 0 radical (unpaired) electrons. The number of aryl methyl sites for hydroxylation is 1. The summed E-state index contributed by atoms with van der Waals surface area (Å²) < 4.78 is 11.3. The van der Waals surface area contributed by atoms with Gasteiger partial charge in [-0.1, -0.05) is 19.9 Å². The monoisotopic (exact) mass is 413 g/mol. The first-order valence-corrected chi connectivity index (χ1v) is 10.6. The number of likely N-dealkylation sites (tertiary alicyclic amines) is 1. The van der Waals surface area contributed by atoms with Crippen LogP contribution in [0.3, 0.4) is 0 Å². The molecule has 1 aromatic carbocycles. The third-order valence-electron chi connectivity index (χ3n) is 5.57. The van der Waals surface area contributed by atoms with Crippen LogP contribution in [-0.4, -0.2) is 48.1 Å². The first kappa shape index (κ1) is 21.9. The Bertz CT molecular complexity index is 934. The number of fused-ring (bicyclic) bond motifs is 1. The topological polar surface area (TPSA) is 94.8 Å². The number of hydrogen-bond acceptors (Lipinski definition) is 6. The number of carbonyl (C=O) groups excluding carboxylic acids is 2. The standard InChI is InChI=1S/C23H31N3O4/c1-5-29-23(28)19-15(4)25-17-7-6-8-18(20(17)21(19)24)30-13-16-9-11-26(12-10-16)22(27)14(2)3/h6-8,14,16H,5,9-13H2,1-4H3,(H2,24,25). The van der Waals surface area contributed by atoms with Crippen LogP contribution in [-0.2, 0) is 9.53 Å². The second-order valence-electron chi connectivity index (χ2n) is 8.09. The quantitative estimate of drug-likeness (QED) is 0.728. The molecule has 1 saturated heterocycles. The molecule has 0 spiro atoms. The van der Waals surface area contributed by atoms with Crippen LogP contribution in [0.2, 0.25) is 0 Å². The normalized spacial score (nSPS) is 14.9.